The summed E-state index contributed by atoms with van der Waals surface area (Å²) in [5.41, 5.74) is 1.24. The molecular formula is C10H12BrN3S. The van der Waals surface area contributed by atoms with Crippen LogP contribution in [0.3, 0.4) is 0 Å². The van der Waals surface area contributed by atoms with Gasteiger partial charge in [0.15, 0.2) is 0 Å². The number of aromatic nitrogens is 3. The Kier molecular flexibility index (Phi) is 3.21. The molecule has 80 valence electrons. The van der Waals surface area contributed by atoms with Crippen molar-refractivity contribution in [1.82, 2.24) is 14.8 Å². The Balaban J connectivity index is 2.17. The summed E-state index contributed by atoms with van der Waals surface area (Å²) in [6.07, 6.45) is 4.92. The molecule has 2 rings (SSSR count). The van der Waals surface area contributed by atoms with E-state index < -0.39 is 0 Å². The molecule has 5 heteroatoms. The molecule has 0 aliphatic rings. The maximum atomic E-state index is 4.34. The van der Waals surface area contributed by atoms with Gasteiger partial charge in [-0.2, -0.15) is 5.10 Å². The van der Waals surface area contributed by atoms with Gasteiger partial charge in [-0.15, -0.1) is 11.3 Å². The van der Waals surface area contributed by atoms with E-state index in [1.54, 1.807) is 11.3 Å². The lowest BCUT2D eigenvalue weighted by atomic mass is 10.2. The molecule has 0 unspecified atom stereocenters. The van der Waals surface area contributed by atoms with E-state index >= 15 is 0 Å². The highest BCUT2D eigenvalue weighted by Gasteiger charge is 2.08. The molecule has 15 heavy (non-hydrogen) atoms. The average molecular weight is 286 g/mol. The number of hydrogen-bond donors (Lipinski definition) is 0. The number of thiazole rings is 1. The van der Waals surface area contributed by atoms with Crippen LogP contribution in [-0.4, -0.2) is 14.8 Å². The van der Waals surface area contributed by atoms with Crippen molar-refractivity contribution in [2.75, 3.05) is 0 Å². The predicted octanol–water partition coefficient (Wildman–Crippen LogP) is 3.02. The smallest absolute Gasteiger partial charge is 0.120 e. The Morgan fingerprint density at radius 1 is 1.53 bits per heavy atom. The SMILES string of the molecule is CCn1cc(Cc2sc(C)nc2Br)cn1. The summed E-state index contributed by atoms with van der Waals surface area (Å²) in [7, 11) is 0. The molecule has 2 aromatic rings. The van der Waals surface area contributed by atoms with Crippen LogP contribution in [0.15, 0.2) is 17.0 Å². The molecule has 0 bridgehead atoms. The van der Waals surface area contributed by atoms with Crippen molar-refractivity contribution >= 4 is 27.3 Å². The van der Waals surface area contributed by atoms with Crippen molar-refractivity contribution in [2.24, 2.45) is 0 Å². The molecule has 0 atom stereocenters. The zero-order valence-electron chi connectivity index (χ0n) is 8.70. The maximum absolute atomic E-state index is 4.34. The number of hydrogen-bond acceptors (Lipinski definition) is 3. The first-order chi connectivity index (χ1) is 7.19. The Morgan fingerprint density at radius 2 is 2.33 bits per heavy atom. The molecule has 0 saturated carbocycles. The predicted molar refractivity (Wildman–Crippen MR) is 65.3 cm³/mol. The highest BCUT2D eigenvalue weighted by atomic mass is 79.9. The van der Waals surface area contributed by atoms with E-state index in [4.69, 9.17) is 0 Å². The zero-order valence-corrected chi connectivity index (χ0v) is 11.1. The third-order valence-corrected chi connectivity index (χ3v) is 4.02. The Bertz CT molecular complexity index is 461. The van der Waals surface area contributed by atoms with Crippen molar-refractivity contribution in [1.29, 1.82) is 0 Å². The van der Waals surface area contributed by atoms with E-state index in [-0.39, 0.29) is 0 Å². The second-order valence-corrected chi connectivity index (χ2v) is 5.37. The van der Waals surface area contributed by atoms with Crippen LogP contribution in [0.4, 0.5) is 0 Å². The largest absolute Gasteiger partial charge is 0.273 e. The topological polar surface area (TPSA) is 30.7 Å². The number of halogens is 1. The molecule has 0 radical (unpaired) electrons. The molecule has 0 saturated heterocycles. The van der Waals surface area contributed by atoms with E-state index in [0.717, 1.165) is 22.6 Å². The fourth-order valence-electron chi connectivity index (χ4n) is 1.41. The summed E-state index contributed by atoms with van der Waals surface area (Å²) in [5, 5.41) is 5.35. The summed E-state index contributed by atoms with van der Waals surface area (Å²) < 4.78 is 2.91. The van der Waals surface area contributed by atoms with E-state index in [0.29, 0.717) is 0 Å². The normalized spacial score (nSPS) is 10.9. The maximum Gasteiger partial charge on any atom is 0.120 e. The lowest BCUT2D eigenvalue weighted by Crippen LogP contribution is -1.92. The van der Waals surface area contributed by atoms with Gasteiger partial charge in [-0.05, 0) is 35.3 Å². The van der Waals surface area contributed by atoms with Crippen LogP contribution in [0, 0.1) is 6.92 Å². The van der Waals surface area contributed by atoms with Crippen LogP contribution in [0.1, 0.15) is 22.4 Å². The molecule has 0 aliphatic heterocycles. The second-order valence-electron chi connectivity index (χ2n) is 3.33. The summed E-state index contributed by atoms with van der Waals surface area (Å²) in [6, 6.07) is 0. The number of rotatable bonds is 3. The lowest BCUT2D eigenvalue weighted by Gasteiger charge is -1.93. The van der Waals surface area contributed by atoms with Crippen molar-refractivity contribution in [3.05, 3.63) is 32.4 Å². The van der Waals surface area contributed by atoms with Crippen molar-refractivity contribution < 1.29 is 0 Å². The van der Waals surface area contributed by atoms with E-state index in [1.807, 2.05) is 17.8 Å². The Labute approximate surface area is 101 Å². The van der Waals surface area contributed by atoms with Gasteiger partial charge in [0, 0.05) is 24.0 Å². The summed E-state index contributed by atoms with van der Waals surface area (Å²) in [6.45, 7) is 5.03. The van der Waals surface area contributed by atoms with Crippen LogP contribution in [0.25, 0.3) is 0 Å². The van der Waals surface area contributed by atoms with E-state index in [2.05, 4.69) is 39.1 Å². The van der Waals surface area contributed by atoms with Gasteiger partial charge in [0.2, 0.25) is 0 Å². The van der Waals surface area contributed by atoms with Gasteiger partial charge in [-0.1, -0.05) is 0 Å². The van der Waals surface area contributed by atoms with Gasteiger partial charge >= 0.3 is 0 Å². The summed E-state index contributed by atoms with van der Waals surface area (Å²) in [4.78, 5) is 5.61. The van der Waals surface area contributed by atoms with Crippen LogP contribution in [-0.2, 0) is 13.0 Å². The Morgan fingerprint density at radius 3 is 2.87 bits per heavy atom. The fourth-order valence-corrected chi connectivity index (χ4v) is 3.04. The van der Waals surface area contributed by atoms with Crippen LogP contribution < -0.4 is 0 Å². The van der Waals surface area contributed by atoms with E-state index in [1.165, 1.54) is 10.4 Å². The summed E-state index contributed by atoms with van der Waals surface area (Å²) in [5.74, 6) is 0. The van der Waals surface area contributed by atoms with Gasteiger partial charge < -0.3 is 0 Å². The zero-order chi connectivity index (χ0) is 10.8. The van der Waals surface area contributed by atoms with Crippen LogP contribution in [0.5, 0.6) is 0 Å². The molecule has 2 heterocycles. The van der Waals surface area contributed by atoms with Crippen LogP contribution >= 0.6 is 27.3 Å². The standard InChI is InChI=1S/C10H12BrN3S/c1-3-14-6-8(5-12-14)4-9-10(11)13-7(2)15-9/h5-6H,3-4H2,1-2H3. The average Bonchev–Trinajstić information content (AvgIpc) is 2.75. The lowest BCUT2D eigenvalue weighted by molar-refractivity contribution is 0.659. The molecule has 0 fully saturated rings. The first-order valence-electron chi connectivity index (χ1n) is 4.82. The number of aryl methyl sites for hydroxylation is 2. The molecule has 2 aromatic heterocycles. The first kappa shape index (κ1) is 10.8. The van der Waals surface area contributed by atoms with Gasteiger partial charge in [0.05, 0.1) is 11.2 Å². The second kappa shape index (κ2) is 4.45. The highest BCUT2D eigenvalue weighted by molar-refractivity contribution is 9.10. The molecule has 0 N–H and O–H groups in total. The first-order valence-corrected chi connectivity index (χ1v) is 6.43. The molecule has 0 aliphatic carbocycles. The molecule has 3 nitrogen and oxygen atoms in total. The van der Waals surface area contributed by atoms with Crippen molar-refractivity contribution in [3.63, 3.8) is 0 Å². The fraction of sp³-hybridized carbons (Fsp3) is 0.400. The molecule has 0 amide bonds. The quantitative estimate of drug-likeness (QED) is 0.868. The van der Waals surface area contributed by atoms with Crippen LogP contribution in [0.2, 0.25) is 0 Å². The molecular weight excluding hydrogens is 274 g/mol. The third-order valence-electron chi connectivity index (χ3n) is 2.13. The number of nitrogens with zero attached hydrogens (tertiary/aromatic N) is 3. The van der Waals surface area contributed by atoms with Crippen molar-refractivity contribution in [3.8, 4) is 0 Å². The highest BCUT2D eigenvalue weighted by Crippen LogP contribution is 2.25. The van der Waals surface area contributed by atoms with Gasteiger partial charge in [-0.25, -0.2) is 4.98 Å². The monoisotopic (exact) mass is 285 g/mol. The molecule has 0 aromatic carbocycles. The van der Waals surface area contributed by atoms with Gasteiger partial charge in [-0.3, -0.25) is 4.68 Å². The van der Waals surface area contributed by atoms with E-state index in [9.17, 15) is 0 Å². The summed E-state index contributed by atoms with van der Waals surface area (Å²) >= 11 is 5.20. The third kappa shape index (κ3) is 2.46. The minimum atomic E-state index is 0.909. The molecule has 0 spiro atoms. The minimum Gasteiger partial charge on any atom is -0.273 e. The van der Waals surface area contributed by atoms with Crippen molar-refractivity contribution in [2.45, 2.75) is 26.8 Å². The minimum absolute atomic E-state index is 0.909. The Hall–Kier alpha value is -0.680. The van der Waals surface area contributed by atoms with Gasteiger partial charge in [0.1, 0.15) is 4.60 Å². The van der Waals surface area contributed by atoms with Gasteiger partial charge in [0.25, 0.3) is 0 Å².